The van der Waals surface area contributed by atoms with Crippen LogP contribution in [0.15, 0.2) is 12.7 Å². The smallest absolute Gasteiger partial charge is 0.0687 e. The summed E-state index contributed by atoms with van der Waals surface area (Å²) in [7, 11) is 0. The zero-order valence-corrected chi connectivity index (χ0v) is 12.6. The first kappa shape index (κ1) is 13.6. The number of hydrogen-bond donors (Lipinski definition) is 0. The van der Waals surface area contributed by atoms with E-state index in [1.165, 1.54) is 44.9 Å². The van der Waals surface area contributed by atoms with Gasteiger partial charge in [0.25, 0.3) is 0 Å². The van der Waals surface area contributed by atoms with Crippen LogP contribution in [0.5, 0.6) is 0 Å². The lowest BCUT2D eigenvalue weighted by atomic mass is 9.82. The summed E-state index contributed by atoms with van der Waals surface area (Å²) < 4.78 is 6.42. The first-order valence-corrected chi connectivity index (χ1v) is 8.11. The van der Waals surface area contributed by atoms with E-state index in [1.54, 1.807) is 0 Å². The topological polar surface area (TPSA) is 9.23 Å². The summed E-state index contributed by atoms with van der Waals surface area (Å²) in [5, 5.41) is 0.982. The Labute approximate surface area is 114 Å². The van der Waals surface area contributed by atoms with Crippen molar-refractivity contribution < 1.29 is 4.74 Å². The quantitative estimate of drug-likeness (QED) is 0.533. The first-order chi connectivity index (χ1) is 8.11. The normalized spacial score (nSPS) is 31.3. The van der Waals surface area contributed by atoms with Gasteiger partial charge in [0.15, 0.2) is 0 Å². The van der Waals surface area contributed by atoms with Crippen LogP contribution in [0.25, 0.3) is 0 Å². The minimum absolute atomic E-state index is 0.185. The highest BCUT2D eigenvalue weighted by molar-refractivity contribution is 9.09. The van der Waals surface area contributed by atoms with E-state index in [0.29, 0.717) is 6.10 Å². The Morgan fingerprint density at radius 2 is 2.06 bits per heavy atom. The SMILES string of the molecule is C=CC(C)(CBr)CC1CCC2(CCCCC2)O1. The molecule has 2 aliphatic rings. The van der Waals surface area contributed by atoms with E-state index in [9.17, 15) is 0 Å². The van der Waals surface area contributed by atoms with Crippen LogP contribution in [-0.4, -0.2) is 17.0 Å². The summed E-state index contributed by atoms with van der Waals surface area (Å²) >= 11 is 3.60. The maximum Gasteiger partial charge on any atom is 0.0687 e. The maximum absolute atomic E-state index is 6.42. The summed E-state index contributed by atoms with van der Waals surface area (Å²) in [6, 6.07) is 0. The summed E-state index contributed by atoms with van der Waals surface area (Å²) in [6.07, 6.45) is 12.9. The van der Waals surface area contributed by atoms with Crippen LogP contribution in [0.3, 0.4) is 0 Å². The fraction of sp³-hybridized carbons (Fsp3) is 0.867. The van der Waals surface area contributed by atoms with Crippen molar-refractivity contribution in [1.82, 2.24) is 0 Å². The Morgan fingerprint density at radius 1 is 1.35 bits per heavy atom. The molecule has 2 fully saturated rings. The Hall–Kier alpha value is 0.180. The molecule has 0 aromatic carbocycles. The standard InChI is InChI=1S/C15H25BrO/c1-3-14(2,12-16)11-13-7-10-15(17-13)8-5-4-6-9-15/h3,13H,1,4-12H2,2H3. The highest BCUT2D eigenvalue weighted by Gasteiger charge is 2.42. The Balaban J connectivity index is 1.91. The molecule has 1 aliphatic carbocycles. The lowest BCUT2D eigenvalue weighted by Gasteiger charge is -2.34. The highest BCUT2D eigenvalue weighted by atomic mass is 79.9. The van der Waals surface area contributed by atoms with Crippen molar-refractivity contribution in [2.45, 2.75) is 70.0 Å². The van der Waals surface area contributed by atoms with E-state index in [1.807, 2.05) is 0 Å². The van der Waals surface area contributed by atoms with Crippen molar-refractivity contribution in [3.63, 3.8) is 0 Å². The molecule has 17 heavy (non-hydrogen) atoms. The number of halogens is 1. The molecule has 1 saturated carbocycles. The molecule has 1 aliphatic heterocycles. The van der Waals surface area contributed by atoms with Crippen LogP contribution in [0.1, 0.15) is 58.3 Å². The fourth-order valence-corrected chi connectivity index (χ4v) is 3.77. The van der Waals surface area contributed by atoms with E-state index < -0.39 is 0 Å². The van der Waals surface area contributed by atoms with Gasteiger partial charge >= 0.3 is 0 Å². The van der Waals surface area contributed by atoms with Gasteiger partial charge in [-0.2, -0.15) is 0 Å². The Kier molecular flexibility index (Phi) is 4.35. The van der Waals surface area contributed by atoms with E-state index in [4.69, 9.17) is 4.74 Å². The predicted molar refractivity (Wildman–Crippen MR) is 76.6 cm³/mol. The minimum Gasteiger partial charge on any atom is -0.372 e. The van der Waals surface area contributed by atoms with Gasteiger partial charge in [-0.3, -0.25) is 0 Å². The molecule has 0 N–H and O–H groups in total. The monoisotopic (exact) mass is 300 g/mol. The summed E-state index contributed by atoms with van der Waals surface area (Å²) in [6.45, 7) is 6.23. The van der Waals surface area contributed by atoms with Gasteiger partial charge in [-0.1, -0.05) is 48.2 Å². The molecule has 0 bridgehead atoms. The molecular formula is C15H25BrO. The lowest BCUT2D eigenvalue weighted by molar-refractivity contribution is -0.0716. The molecule has 1 saturated heterocycles. The third-order valence-corrected chi connectivity index (χ3v) is 5.88. The minimum atomic E-state index is 0.185. The zero-order valence-electron chi connectivity index (χ0n) is 11.0. The molecule has 0 amide bonds. The second-order valence-electron chi connectivity index (χ2n) is 6.22. The summed E-state index contributed by atoms with van der Waals surface area (Å²) in [4.78, 5) is 0. The molecule has 1 nitrogen and oxygen atoms in total. The first-order valence-electron chi connectivity index (χ1n) is 6.99. The van der Waals surface area contributed by atoms with Gasteiger partial charge in [0.2, 0.25) is 0 Å². The third-order valence-electron chi connectivity index (χ3n) is 4.60. The maximum atomic E-state index is 6.42. The van der Waals surface area contributed by atoms with Crippen molar-refractivity contribution in [1.29, 1.82) is 0 Å². The number of rotatable bonds is 4. The van der Waals surface area contributed by atoms with Crippen molar-refractivity contribution in [2.24, 2.45) is 5.41 Å². The van der Waals surface area contributed by atoms with Crippen LogP contribution in [0, 0.1) is 5.41 Å². The van der Waals surface area contributed by atoms with Crippen LogP contribution >= 0.6 is 15.9 Å². The van der Waals surface area contributed by atoms with E-state index in [0.717, 1.165) is 11.8 Å². The van der Waals surface area contributed by atoms with Gasteiger partial charge < -0.3 is 4.74 Å². The molecule has 1 heterocycles. The predicted octanol–water partition coefficient (Wildman–Crippen LogP) is 4.85. The Bertz CT molecular complexity index is 270. The van der Waals surface area contributed by atoms with Gasteiger partial charge in [0, 0.05) is 5.33 Å². The summed E-state index contributed by atoms with van der Waals surface area (Å²) in [5.74, 6) is 0. The molecule has 2 unspecified atom stereocenters. The number of ether oxygens (including phenoxy) is 1. The third kappa shape index (κ3) is 3.14. The molecular weight excluding hydrogens is 276 g/mol. The molecule has 2 rings (SSSR count). The number of alkyl halides is 1. The van der Waals surface area contributed by atoms with Gasteiger partial charge in [-0.15, -0.1) is 6.58 Å². The van der Waals surface area contributed by atoms with E-state index in [-0.39, 0.29) is 11.0 Å². The molecule has 0 aromatic heterocycles. The second-order valence-corrected chi connectivity index (χ2v) is 6.78. The van der Waals surface area contributed by atoms with Crippen molar-refractivity contribution >= 4 is 15.9 Å². The van der Waals surface area contributed by atoms with E-state index in [2.05, 4.69) is 35.5 Å². The average Bonchev–Trinajstić information content (AvgIpc) is 2.72. The zero-order chi connectivity index (χ0) is 12.4. The van der Waals surface area contributed by atoms with Crippen molar-refractivity contribution in [3.05, 3.63) is 12.7 Å². The van der Waals surface area contributed by atoms with Gasteiger partial charge in [0.1, 0.15) is 0 Å². The van der Waals surface area contributed by atoms with Crippen molar-refractivity contribution in [2.75, 3.05) is 5.33 Å². The van der Waals surface area contributed by atoms with Gasteiger partial charge in [-0.25, -0.2) is 0 Å². The highest BCUT2D eigenvalue weighted by Crippen LogP contribution is 2.44. The van der Waals surface area contributed by atoms with Crippen LogP contribution in [0.4, 0.5) is 0 Å². The molecule has 2 heteroatoms. The molecule has 0 aromatic rings. The molecule has 2 atom stereocenters. The molecule has 98 valence electrons. The second kappa shape index (κ2) is 5.44. The number of allylic oxidation sites excluding steroid dienone is 1. The molecule has 0 radical (unpaired) electrons. The molecule has 1 spiro atoms. The van der Waals surface area contributed by atoms with Crippen LogP contribution in [-0.2, 0) is 4.74 Å². The number of hydrogen-bond acceptors (Lipinski definition) is 1. The van der Waals surface area contributed by atoms with Gasteiger partial charge in [0.05, 0.1) is 11.7 Å². The van der Waals surface area contributed by atoms with Crippen molar-refractivity contribution in [3.8, 4) is 0 Å². The Morgan fingerprint density at radius 3 is 2.65 bits per heavy atom. The van der Waals surface area contributed by atoms with Crippen LogP contribution < -0.4 is 0 Å². The van der Waals surface area contributed by atoms with Crippen LogP contribution in [0.2, 0.25) is 0 Å². The average molecular weight is 301 g/mol. The lowest BCUT2D eigenvalue weighted by Crippen LogP contribution is -2.33. The van der Waals surface area contributed by atoms with E-state index >= 15 is 0 Å². The summed E-state index contributed by atoms with van der Waals surface area (Å²) in [5.41, 5.74) is 0.447. The van der Waals surface area contributed by atoms with Gasteiger partial charge in [-0.05, 0) is 37.5 Å². The fourth-order valence-electron chi connectivity index (χ4n) is 3.32. The largest absolute Gasteiger partial charge is 0.372 e.